The van der Waals surface area contributed by atoms with Gasteiger partial charge in [-0.2, -0.15) is 0 Å². The summed E-state index contributed by atoms with van der Waals surface area (Å²) >= 11 is 0. The molecule has 0 saturated carbocycles. The Morgan fingerprint density at radius 2 is 1.82 bits per heavy atom. The number of hydrogen-bond donors (Lipinski definition) is 1. The highest BCUT2D eigenvalue weighted by Crippen LogP contribution is 2.10. The maximum absolute atomic E-state index is 10.1. The predicted octanol–water partition coefficient (Wildman–Crippen LogP) is 3.39. The monoisotopic (exact) mass is 292 g/mol. The smallest absolute Gasteiger partial charge is 0.257 e. The Labute approximate surface area is 129 Å². The Kier molecular flexibility index (Phi) is 4.01. The molecule has 0 spiro atoms. The highest BCUT2D eigenvalue weighted by Gasteiger charge is 2.06. The first-order valence-corrected chi connectivity index (χ1v) is 7.17. The molecule has 4 heteroatoms. The highest BCUT2D eigenvalue weighted by atomic mass is 16.5. The zero-order valence-electron chi connectivity index (χ0n) is 12.4. The van der Waals surface area contributed by atoms with Crippen molar-refractivity contribution in [3.05, 3.63) is 83.9 Å². The number of para-hydroxylation sites is 1. The van der Waals surface area contributed by atoms with E-state index >= 15 is 0 Å². The van der Waals surface area contributed by atoms with Gasteiger partial charge in [-0.05, 0) is 24.6 Å². The van der Waals surface area contributed by atoms with E-state index in [0.717, 1.165) is 28.4 Å². The molecule has 0 aliphatic heterocycles. The Morgan fingerprint density at radius 3 is 2.45 bits per heavy atom. The van der Waals surface area contributed by atoms with Gasteiger partial charge in [-0.15, -0.1) is 0 Å². The molecule has 3 aromatic rings. The van der Waals surface area contributed by atoms with Gasteiger partial charge in [0, 0.05) is 41.4 Å². The standard InChI is InChI=1S/C18H18N3O/c1-15-19-11-12-20(15)13-16-7-9-17(10-8-16)14-21(22)18-5-3-2-4-6-18/h2-12,14,22H,13H2,1H3/q+1/b21-14-. The van der Waals surface area contributed by atoms with Gasteiger partial charge in [0.05, 0.1) is 0 Å². The van der Waals surface area contributed by atoms with E-state index in [0.29, 0.717) is 0 Å². The SMILES string of the molecule is Cc1nccn1Cc1ccc(/C=[N+](\O)c2ccccc2)cc1. The van der Waals surface area contributed by atoms with E-state index in [4.69, 9.17) is 0 Å². The fourth-order valence-electron chi connectivity index (χ4n) is 2.27. The van der Waals surface area contributed by atoms with Crippen molar-refractivity contribution in [1.29, 1.82) is 0 Å². The first-order chi connectivity index (χ1) is 10.7. The molecule has 2 aromatic carbocycles. The molecule has 0 bridgehead atoms. The number of aromatic nitrogens is 2. The number of hydrogen-bond acceptors (Lipinski definition) is 2. The molecule has 1 heterocycles. The molecule has 0 aliphatic rings. The third kappa shape index (κ3) is 3.23. The van der Waals surface area contributed by atoms with Gasteiger partial charge in [-0.25, -0.2) is 4.98 Å². The second-order valence-corrected chi connectivity index (χ2v) is 5.15. The third-order valence-electron chi connectivity index (χ3n) is 3.55. The maximum atomic E-state index is 10.1. The lowest BCUT2D eigenvalue weighted by Gasteiger charge is -2.05. The average Bonchev–Trinajstić information content (AvgIpc) is 2.95. The lowest BCUT2D eigenvalue weighted by molar-refractivity contribution is -0.709. The van der Waals surface area contributed by atoms with Gasteiger partial charge in [0.25, 0.3) is 5.69 Å². The summed E-state index contributed by atoms with van der Waals surface area (Å²) in [4.78, 5) is 4.22. The third-order valence-corrected chi connectivity index (χ3v) is 3.55. The fraction of sp³-hybridized carbons (Fsp3) is 0.111. The summed E-state index contributed by atoms with van der Waals surface area (Å²) in [5.74, 6) is 1.00. The lowest BCUT2D eigenvalue weighted by atomic mass is 10.1. The molecular formula is C18H18N3O+. The molecule has 1 N–H and O–H groups in total. The van der Waals surface area contributed by atoms with Gasteiger partial charge in [-0.1, -0.05) is 30.3 Å². The number of rotatable bonds is 4. The van der Waals surface area contributed by atoms with Gasteiger partial charge >= 0.3 is 0 Å². The van der Waals surface area contributed by atoms with Gasteiger partial charge in [0.1, 0.15) is 5.82 Å². The van der Waals surface area contributed by atoms with Crippen molar-refractivity contribution < 1.29 is 9.95 Å². The summed E-state index contributed by atoms with van der Waals surface area (Å²) in [6.07, 6.45) is 5.47. The lowest BCUT2D eigenvalue weighted by Crippen LogP contribution is -2.03. The Hall–Kier alpha value is -2.88. The van der Waals surface area contributed by atoms with Crippen LogP contribution in [-0.4, -0.2) is 25.7 Å². The molecule has 0 saturated heterocycles. The van der Waals surface area contributed by atoms with Gasteiger partial charge < -0.3 is 4.57 Å². The van der Waals surface area contributed by atoms with E-state index in [1.54, 1.807) is 12.4 Å². The van der Waals surface area contributed by atoms with Crippen molar-refractivity contribution in [1.82, 2.24) is 9.55 Å². The minimum absolute atomic E-state index is 0.737. The molecule has 0 atom stereocenters. The predicted molar refractivity (Wildman–Crippen MR) is 85.8 cm³/mol. The summed E-state index contributed by atoms with van der Waals surface area (Å²) in [7, 11) is 0. The highest BCUT2D eigenvalue weighted by molar-refractivity contribution is 5.76. The van der Waals surface area contributed by atoms with E-state index in [9.17, 15) is 5.21 Å². The minimum atomic E-state index is 0.737. The molecule has 0 radical (unpaired) electrons. The largest absolute Gasteiger partial charge is 0.331 e. The van der Waals surface area contributed by atoms with E-state index in [-0.39, 0.29) is 0 Å². The van der Waals surface area contributed by atoms with E-state index in [1.807, 2.05) is 55.6 Å². The first kappa shape index (κ1) is 14.1. The van der Waals surface area contributed by atoms with E-state index < -0.39 is 0 Å². The van der Waals surface area contributed by atoms with Crippen LogP contribution in [0.2, 0.25) is 0 Å². The summed E-state index contributed by atoms with van der Waals surface area (Å²) in [5.41, 5.74) is 2.88. The molecule has 4 nitrogen and oxygen atoms in total. The number of nitrogens with zero attached hydrogens (tertiary/aromatic N) is 3. The van der Waals surface area contributed by atoms with Crippen LogP contribution in [0.4, 0.5) is 5.69 Å². The summed E-state index contributed by atoms with van der Waals surface area (Å²) in [6, 6.07) is 17.5. The maximum Gasteiger partial charge on any atom is 0.257 e. The van der Waals surface area contributed by atoms with Crippen LogP contribution in [0, 0.1) is 6.92 Å². The second-order valence-electron chi connectivity index (χ2n) is 5.15. The molecule has 22 heavy (non-hydrogen) atoms. The normalized spacial score (nSPS) is 11.6. The van der Waals surface area contributed by atoms with Crippen LogP contribution in [0.5, 0.6) is 0 Å². The van der Waals surface area contributed by atoms with E-state index in [2.05, 4.69) is 21.7 Å². The molecule has 110 valence electrons. The number of imidazole rings is 1. The van der Waals surface area contributed by atoms with Gasteiger partial charge in [-0.3, -0.25) is 5.21 Å². The van der Waals surface area contributed by atoms with Crippen LogP contribution in [0.3, 0.4) is 0 Å². The molecule has 0 unspecified atom stereocenters. The molecular weight excluding hydrogens is 274 g/mol. The van der Waals surface area contributed by atoms with Crippen molar-refractivity contribution >= 4 is 11.9 Å². The quantitative estimate of drug-likeness (QED) is 0.346. The van der Waals surface area contributed by atoms with Crippen LogP contribution in [-0.2, 0) is 6.54 Å². The van der Waals surface area contributed by atoms with E-state index in [1.165, 1.54) is 5.56 Å². The van der Waals surface area contributed by atoms with Crippen LogP contribution in [0.1, 0.15) is 17.0 Å². The van der Waals surface area contributed by atoms with Crippen LogP contribution in [0.25, 0.3) is 0 Å². The summed E-state index contributed by atoms with van der Waals surface area (Å²) < 4.78 is 3.23. The Bertz CT molecular complexity index is 774. The zero-order chi connectivity index (χ0) is 15.4. The average molecular weight is 292 g/mol. The molecule has 0 fully saturated rings. The van der Waals surface area contributed by atoms with Crippen LogP contribution in [0.15, 0.2) is 67.0 Å². The van der Waals surface area contributed by atoms with Gasteiger partial charge in [0.15, 0.2) is 0 Å². The fourth-order valence-corrected chi connectivity index (χ4v) is 2.27. The molecule has 0 amide bonds. The van der Waals surface area contributed by atoms with Crippen LogP contribution >= 0.6 is 0 Å². The second kappa shape index (κ2) is 6.26. The Balaban J connectivity index is 1.76. The van der Waals surface area contributed by atoms with Crippen LogP contribution < -0.4 is 0 Å². The number of aryl methyl sites for hydroxylation is 1. The summed E-state index contributed by atoms with van der Waals surface area (Å²) in [5, 5.41) is 10.1. The Morgan fingerprint density at radius 1 is 1.09 bits per heavy atom. The van der Waals surface area contributed by atoms with Crippen molar-refractivity contribution in [2.45, 2.75) is 13.5 Å². The van der Waals surface area contributed by atoms with Gasteiger partial charge in [0.2, 0.25) is 6.21 Å². The van der Waals surface area contributed by atoms with Crippen molar-refractivity contribution in [3.63, 3.8) is 0 Å². The van der Waals surface area contributed by atoms with Crippen molar-refractivity contribution in [2.24, 2.45) is 0 Å². The molecule has 0 aliphatic carbocycles. The number of benzene rings is 2. The zero-order valence-corrected chi connectivity index (χ0v) is 12.4. The topological polar surface area (TPSA) is 41.1 Å². The van der Waals surface area contributed by atoms with Crippen molar-refractivity contribution in [2.75, 3.05) is 0 Å². The first-order valence-electron chi connectivity index (χ1n) is 7.17. The van der Waals surface area contributed by atoms with Crippen molar-refractivity contribution in [3.8, 4) is 0 Å². The molecule has 3 rings (SSSR count). The molecule has 1 aromatic heterocycles. The minimum Gasteiger partial charge on any atom is -0.331 e. The summed E-state index contributed by atoms with van der Waals surface area (Å²) in [6.45, 7) is 2.79.